The van der Waals surface area contributed by atoms with Crippen LogP contribution in [0.4, 0.5) is 18.0 Å². The van der Waals surface area contributed by atoms with Crippen molar-refractivity contribution in [2.24, 2.45) is 0 Å². The van der Waals surface area contributed by atoms with Gasteiger partial charge >= 0.3 is 12.2 Å². The number of alkyl halides is 3. The van der Waals surface area contributed by atoms with Gasteiger partial charge in [-0.3, -0.25) is 4.79 Å². The molecule has 154 valence electrons. The van der Waals surface area contributed by atoms with Crippen LogP contribution in [0.3, 0.4) is 0 Å². The molecule has 0 fully saturated rings. The fraction of sp³-hybridized carbons (Fsp3) is 0.294. The molecule has 0 spiro atoms. The third kappa shape index (κ3) is 5.44. The number of amides is 2. The molecule has 12 heteroatoms. The highest BCUT2D eigenvalue weighted by atomic mass is 32.1. The number of nitrogens with zero attached hydrogens (tertiary/aromatic N) is 3. The number of thiophene rings is 1. The van der Waals surface area contributed by atoms with E-state index in [-0.39, 0.29) is 24.5 Å². The lowest BCUT2D eigenvalue weighted by molar-refractivity contribution is -0.154. The van der Waals surface area contributed by atoms with E-state index < -0.39 is 18.8 Å². The normalized spacial score (nSPS) is 11.4. The third-order valence-corrected chi connectivity index (χ3v) is 4.65. The number of nitrogens with one attached hydrogen (secondary N) is 2. The van der Waals surface area contributed by atoms with E-state index in [1.807, 2.05) is 0 Å². The third-order valence-electron chi connectivity index (χ3n) is 3.75. The van der Waals surface area contributed by atoms with E-state index in [1.54, 1.807) is 11.4 Å². The Bertz CT molecular complexity index is 1070. The minimum atomic E-state index is -4.49. The van der Waals surface area contributed by atoms with Gasteiger partial charge in [0.25, 0.3) is 5.56 Å². The van der Waals surface area contributed by atoms with Gasteiger partial charge in [-0.05, 0) is 17.5 Å². The Labute approximate surface area is 166 Å². The van der Waals surface area contributed by atoms with Gasteiger partial charge in [-0.25, -0.2) is 14.8 Å². The Morgan fingerprint density at radius 3 is 2.93 bits per heavy atom. The van der Waals surface area contributed by atoms with Crippen molar-refractivity contribution in [3.8, 4) is 5.88 Å². The van der Waals surface area contributed by atoms with Crippen LogP contribution in [0.5, 0.6) is 5.88 Å². The SMILES string of the molecule is CN(Cc1nc2ccsc2c(=O)[nH]1)C(=O)NCc1cccnc1OCC(F)(F)F. The summed E-state index contributed by atoms with van der Waals surface area (Å²) in [5, 5.41) is 4.32. The molecule has 0 aliphatic rings. The van der Waals surface area contributed by atoms with Crippen molar-refractivity contribution >= 4 is 27.6 Å². The average molecular weight is 427 g/mol. The molecule has 3 aromatic rings. The number of fused-ring (bicyclic) bond motifs is 1. The highest BCUT2D eigenvalue weighted by Gasteiger charge is 2.29. The molecule has 0 aliphatic carbocycles. The first-order valence-corrected chi connectivity index (χ1v) is 9.20. The maximum atomic E-state index is 12.3. The second-order valence-corrected chi connectivity index (χ2v) is 6.95. The molecule has 2 amide bonds. The summed E-state index contributed by atoms with van der Waals surface area (Å²) in [4.78, 5) is 36.3. The molecule has 0 aromatic carbocycles. The summed E-state index contributed by atoms with van der Waals surface area (Å²) in [7, 11) is 1.50. The molecule has 2 N–H and O–H groups in total. The van der Waals surface area contributed by atoms with Crippen LogP contribution in [0.1, 0.15) is 11.4 Å². The van der Waals surface area contributed by atoms with Gasteiger partial charge in [0.2, 0.25) is 5.88 Å². The van der Waals surface area contributed by atoms with Crippen molar-refractivity contribution in [3.63, 3.8) is 0 Å². The highest BCUT2D eigenvalue weighted by molar-refractivity contribution is 7.17. The highest BCUT2D eigenvalue weighted by Crippen LogP contribution is 2.20. The zero-order chi connectivity index (χ0) is 21.0. The second-order valence-electron chi connectivity index (χ2n) is 6.03. The molecule has 3 rings (SSSR count). The number of hydrogen-bond acceptors (Lipinski definition) is 6. The predicted molar refractivity (Wildman–Crippen MR) is 99.7 cm³/mol. The molecule has 0 saturated carbocycles. The van der Waals surface area contributed by atoms with Crippen LogP contribution in [0.25, 0.3) is 10.2 Å². The van der Waals surface area contributed by atoms with Crippen LogP contribution in [0.15, 0.2) is 34.6 Å². The minimum absolute atomic E-state index is 0.0390. The first kappa shape index (κ1) is 20.6. The Morgan fingerprint density at radius 1 is 1.38 bits per heavy atom. The van der Waals surface area contributed by atoms with Gasteiger partial charge < -0.3 is 19.9 Å². The number of hydrogen-bond donors (Lipinski definition) is 2. The second kappa shape index (κ2) is 8.47. The maximum absolute atomic E-state index is 12.3. The maximum Gasteiger partial charge on any atom is 0.422 e. The predicted octanol–water partition coefficient (Wildman–Crippen LogP) is 2.66. The molecular weight excluding hydrogens is 411 g/mol. The number of ether oxygens (including phenoxy) is 1. The number of H-pyrrole nitrogens is 1. The molecule has 3 aromatic heterocycles. The van der Waals surface area contributed by atoms with Gasteiger partial charge in [0, 0.05) is 25.4 Å². The van der Waals surface area contributed by atoms with Gasteiger partial charge in [0.1, 0.15) is 10.5 Å². The number of carbonyl (C=O) groups is 1. The summed E-state index contributed by atoms with van der Waals surface area (Å²) in [6.07, 6.45) is -3.20. The van der Waals surface area contributed by atoms with E-state index in [1.165, 1.54) is 41.6 Å². The summed E-state index contributed by atoms with van der Waals surface area (Å²) in [5.74, 6) is 0.107. The lowest BCUT2D eigenvalue weighted by Gasteiger charge is -2.18. The van der Waals surface area contributed by atoms with Crippen molar-refractivity contribution < 1.29 is 22.7 Å². The Hall–Kier alpha value is -3.15. The molecule has 0 radical (unpaired) electrons. The molecule has 0 aliphatic heterocycles. The van der Waals surface area contributed by atoms with Crippen LogP contribution >= 0.6 is 11.3 Å². The summed E-state index contributed by atoms with van der Waals surface area (Å²) in [6.45, 7) is -1.52. The topological polar surface area (TPSA) is 100 Å². The smallest absolute Gasteiger partial charge is 0.422 e. The largest absolute Gasteiger partial charge is 0.468 e. The van der Waals surface area contributed by atoms with Crippen molar-refractivity contribution in [3.05, 3.63) is 51.5 Å². The van der Waals surface area contributed by atoms with Crippen LogP contribution < -0.4 is 15.6 Å². The van der Waals surface area contributed by atoms with Crippen LogP contribution in [0, 0.1) is 0 Å². The van der Waals surface area contributed by atoms with E-state index in [0.29, 0.717) is 21.6 Å². The summed E-state index contributed by atoms with van der Waals surface area (Å²) in [5.41, 5.74) is 0.560. The Morgan fingerprint density at radius 2 is 2.17 bits per heavy atom. The molecule has 0 unspecified atom stereocenters. The zero-order valence-corrected chi connectivity index (χ0v) is 15.9. The van der Waals surface area contributed by atoms with E-state index in [0.717, 1.165) is 0 Å². The molecule has 8 nitrogen and oxygen atoms in total. The van der Waals surface area contributed by atoms with E-state index in [2.05, 4.69) is 25.0 Å². The lowest BCUT2D eigenvalue weighted by atomic mass is 10.2. The van der Waals surface area contributed by atoms with Crippen LogP contribution in [-0.4, -0.2) is 45.7 Å². The van der Waals surface area contributed by atoms with Crippen LogP contribution in [0.2, 0.25) is 0 Å². The Balaban J connectivity index is 1.61. The Kier molecular flexibility index (Phi) is 6.01. The number of aromatic nitrogens is 3. The molecule has 0 atom stereocenters. The van der Waals surface area contributed by atoms with Crippen molar-refractivity contribution in [2.45, 2.75) is 19.3 Å². The first-order chi connectivity index (χ1) is 13.7. The fourth-order valence-corrected chi connectivity index (χ4v) is 3.16. The number of aromatic amines is 1. The number of rotatable bonds is 6. The standard InChI is InChI=1S/C17H16F3N5O3S/c1-25(8-12-23-11-4-6-29-13(11)14(26)24-12)16(27)22-7-10-3-2-5-21-15(10)28-9-17(18,19)20/h2-6H,7-9H2,1H3,(H,22,27)(H,23,24,26). The van der Waals surface area contributed by atoms with Gasteiger partial charge in [-0.1, -0.05) is 6.07 Å². The van der Waals surface area contributed by atoms with E-state index in [9.17, 15) is 22.8 Å². The summed E-state index contributed by atoms with van der Waals surface area (Å²) < 4.78 is 42.2. The average Bonchev–Trinajstić information content (AvgIpc) is 3.13. The first-order valence-electron chi connectivity index (χ1n) is 8.32. The van der Waals surface area contributed by atoms with Gasteiger partial charge in [-0.2, -0.15) is 13.2 Å². The van der Waals surface area contributed by atoms with Crippen molar-refractivity contribution in [2.75, 3.05) is 13.7 Å². The molecule has 29 heavy (non-hydrogen) atoms. The monoisotopic (exact) mass is 427 g/mol. The zero-order valence-electron chi connectivity index (χ0n) is 15.1. The molecule has 0 saturated heterocycles. The molecule has 0 bridgehead atoms. The van der Waals surface area contributed by atoms with Crippen molar-refractivity contribution in [1.29, 1.82) is 0 Å². The molecular formula is C17H16F3N5O3S. The lowest BCUT2D eigenvalue weighted by Crippen LogP contribution is -2.37. The van der Waals surface area contributed by atoms with E-state index in [4.69, 9.17) is 0 Å². The minimum Gasteiger partial charge on any atom is -0.468 e. The fourth-order valence-electron chi connectivity index (χ4n) is 2.44. The number of carbonyl (C=O) groups excluding carboxylic acids is 1. The number of pyridine rings is 1. The summed E-state index contributed by atoms with van der Waals surface area (Å²) in [6, 6.07) is 4.23. The van der Waals surface area contributed by atoms with Crippen LogP contribution in [-0.2, 0) is 13.1 Å². The molecule has 3 heterocycles. The van der Waals surface area contributed by atoms with Gasteiger partial charge in [0.15, 0.2) is 6.61 Å². The van der Waals surface area contributed by atoms with Gasteiger partial charge in [0.05, 0.1) is 12.1 Å². The summed E-state index contributed by atoms with van der Waals surface area (Å²) >= 11 is 1.27. The van der Waals surface area contributed by atoms with E-state index >= 15 is 0 Å². The number of halogens is 3. The van der Waals surface area contributed by atoms with Crippen molar-refractivity contribution in [1.82, 2.24) is 25.2 Å². The quantitative estimate of drug-likeness (QED) is 0.630. The van der Waals surface area contributed by atoms with Gasteiger partial charge in [-0.15, -0.1) is 11.3 Å². The number of urea groups is 1.